The Labute approximate surface area is 98.9 Å². The summed E-state index contributed by atoms with van der Waals surface area (Å²) in [7, 11) is 0. The van der Waals surface area contributed by atoms with E-state index in [0.717, 1.165) is 5.39 Å². The molecule has 0 spiro atoms. The van der Waals surface area contributed by atoms with Crippen LogP contribution in [0.15, 0.2) is 18.3 Å². The number of nitrogens with zero attached hydrogens (tertiary/aromatic N) is 1. The van der Waals surface area contributed by atoms with Gasteiger partial charge in [-0.05, 0) is 32.9 Å². The molecule has 0 saturated carbocycles. The smallest absolute Gasteiger partial charge is 0.342 e. The van der Waals surface area contributed by atoms with Gasteiger partial charge in [-0.2, -0.15) is 5.10 Å². The summed E-state index contributed by atoms with van der Waals surface area (Å²) < 4.78 is 5.32. The first-order chi connectivity index (χ1) is 7.88. The fourth-order valence-corrected chi connectivity index (χ4v) is 1.58. The maximum Gasteiger partial charge on any atom is 0.342 e. The maximum absolute atomic E-state index is 12.0. The second-order valence-corrected chi connectivity index (χ2v) is 4.87. The van der Waals surface area contributed by atoms with Crippen LogP contribution >= 0.6 is 0 Å². The molecule has 0 saturated heterocycles. The number of aromatic nitrogens is 2. The molecule has 1 aromatic carbocycles. The largest absolute Gasteiger partial charge is 0.456 e. The maximum atomic E-state index is 12.0. The van der Waals surface area contributed by atoms with E-state index in [1.165, 1.54) is 0 Å². The molecule has 5 nitrogen and oxygen atoms in total. The molecule has 0 bridgehead atoms. The lowest BCUT2D eigenvalue weighted by molar-refractivity contribution is 0.00729. The third kappa shape index (κ3) is 2.22. The van der Waals surface area contributed by atoms with Crippen LogP contribution in [0.4, 0.5) is 5.69 Å². The molecule has 2 aromatic rings. The topological polar surface area (TPSA) is 81.0 Å². The van der Waals surface area contributed by atoms with E-state index in [9.17, 15) is 4.79 Å². The number of hydrogen-bond donors (Lipinski definition) is 2. The van der Waals surface area contributed by atoms with Crippen molar-refractivity contribution in [1.29, 1.82) is 0 Å². The van der Waals surface area contributed by atoms with Crippen molar-refractivity contribution in [2.45, 2.75) is 26.4 Å². The molecule has 0 atom stereocenters. The SMILES string of the molecule is CC(C)(C)OC(=O)c1c(N)ccc2cn[nH]c12. The third-order valence-corrected chi connectivity index (χ3v) is 2.25. The molecule has 5 heteroatoms. The Kier molecular flexibility index (Phi) is 2.53. The molecule has 0 amide bonds. The van der Waals surface area contributed by atoms with Gasteiger partial charge in [0.2, 0.25) is 0 Å². The Morgan fingerprint density at radius 2 is 2.12 bits per heavy atom. The van der Waals surface area contributed by atoms with Gasteiger partial charge in [0.05, 0.1) is 11.7 Å². The van der Waals surface area contributed by atoms with Gasteiger partial charge in [-0.1, -0.05) is 0 Å². The number of fused-ring (bicyclic) bond motifs is 1. The van der Waals surface area contributed by atoms with Gasteiger partial charge in [-0.25, -0.2) is 4.79 Å². The highest BCUT2D eigenvalue weighted by Crippen LogP contribution is 2.24. The fourth-order valence-electron chi connectivity index (χ4n) is 1.58. The lowest BCUT2D eigenvalue weighted by Gasteiger charge is -2.20. The van der Waals surface area contributed by atoms with E-state index in [1.54, 1.807) is 12.3 Å². The van der Waals surface area contributed by atoms with Crippen molar-refractivity contribution in [3.05, 3.63) is 23.9 Å². The number of carbonyl (C=O) groups excluding carboxylic acids is 1. The van der Waals surface area contributed by atoms with E-state index >= 15 is 0 Å². The molecule has 0 aliphatic rings. The molecular formula is C12H15N3O2. The second-order valence-electron chi connectivity index (χ2n) is 4.87. The first-order valence-electron chi connectivity index (χ1n) is 5.33. The van der Waals surface area contributed by atoms with Crippen LogP contribution in [0.25, 0.3) is 10.9 Å². The highest BCUT2D eigenvalue weighted by Gasteiger charge is 2.22. The lowest BCUT2D eigenvalue weighted by Crippen LogP contribution is -2.24. The van der Waals surface area contributed by atoms with Gasteiger partial charge in [0.1, 0.15) is 11.2 Å². The van der Waals surface area contributed by atoms with E-state index in [1.807, 2.05) is 26.8 Å². The summed E-state index contributed by atoms with van der Waals surface area (Å²) in [4.78, 5) is 12.0. The third-order valence-electron chi connectivity index (χ3n) is 2.25. The van der Waals surface area contributed by atoms with Crippen molar-refractivity contribution in [3.8, 4) is 0 Å². The van der Waals surface area contributed by atoms with Crippen molar-refractivity contribution in [2.75, 3.05) is 5.73 Å². The van der Waals surface area contributed by atoms with Gasteiger partial charge in [0.25, 0.3) is 0 Å². The Hall–Kier alpha value is -2.04. The van der Waals surface area contributed by atoms with Crippen LogP contribution in [0.3, 0.4) is 0 Å². The summed E-state index contributed by atoms with van der Waals surface area (Å²) in [6, 6.07) is 3.49. The average molecular weight is 233 g/mol. The molecule has 1 aromatic heterocycles. The average Bonchev–Trinajstić information content (AvgIpc) is 2.61. The van der Waals surface area contributed by atoms with E-state index in [-0.39, 0.29) is 0 Å². The van der Waals surface area contributed by atoms with Crippen LogP contribution in [0.1, 0.15) is 31.1 Å². The molecule has 0 aliphatic carbocycles. The number of benzene rings is 1. The number of rotatable bonds is 1. The van der Waals surface area contributed by atoms with E-state index in [4.69, 9.17) is 10.5 Å². The van der Waals surface area contributed by atoms with Gasteiger partial charge in [0.15, 0.2) is 0 Å². The van der Waals surface area contributed by atoms with Gasteiger partial charge in [-0.3, -0.25) is 5.10 Å². The molecule has 90 valence electrons. The first kappa shape index (κ1) is 11.4. The summed E-state index contributed by atoms with van der Waals surface area (Å²) in [5.41, 5.74) is 6.61. The molecule has 17 heavy (non-hydrogen) atoms. The van der Waals surface area contributed by atoms with Crippen molar-refractivity contribution >= 4 is 22.6 Å². The Bertz CT molecular complexity index is 567. The number of nitrogens with two attached hydrogens (primary N) is 1. The number of ether oxygens (including phenoxy) is 1. The number of aromatic amines is 1. The molecular weight excluding hydrogens is 218 g/mol. The Balaban J connectivity index is 2.50. The van der Waals surface area contributed by atoms with Gasteiger partial charge in [-0.15, -0.1) is 0 Å². The van der Waals surface area contributed by atoms with Crippen LogP contribution in [0.2, 0.25) is 0 Å². The highest BCUT2D eigenvalue weighted by atomic mass is 16.6. The quantitative estimate of drug-likeness (QED) is 0.583. The van der Waals surface area contributed by atoms with Crippen LogP contribution in [0, 0.1) is 0 Å². The summed E-state index contributed by atoms with van der Waals surface area (Å²) >= 11 is 0. The molecule has 0 unspecified atom stereocenters. The van der Waals surface area contributed by atoms with Crippen molar-refractivity contribution in [1.82, 2.24) is 10.2 Å². The molecule has 0 radical (unpaired) electrons. The molecule has 0 aliphatic heterocycles. The molecule has 0 fully saturated rings. The Morgan fingerprint density at radius 3 is 2.76 bits per heavy atom. The Morgan fingerprint density at radius 1 is 1.41 bits per heavy atom. The molecule has 2 rings (SSSR count). The van der Waals surface area contributed by atoms with Gasteiger partial charge < -0.3 is 10.5 Å². The number of hydrogen-bond acceptors (Lipinski definition) is 4. The highest BCUT2D eigenvalue weighted by molar-refractivity contribution is 6.07. The van der Waals surface area contributed by atoms with E-state index in [2.05, 4.69) is 10.2 Å². The number of carbonyl (C=O) groups is 1. The number of esters is 1. The van der Waals surface area contributed by atoms with Crippen molar-refractivity contribution in [3.63, 3.8) is 0 Å². The van der Waals surface area contributed by atoms with E-state index < -0.39 is 11.6 Å². The van der Waals surface area contributed by atoms with Crippen LogP contribution in [0.5, 0.6) is 0 Å². The predicted octanol–water partition coefficient (Wildman–Crippen LogP) is 2.10. The second kappa shape index (κ2) is 3.76. The first-order valence-corrected chi connectivity index (χ1v) is 5.33. The zero-order valence-electron chi connectivity index (χ0n) is 10.1. The summed E-state index contributed by atoms with van der Waals surface area (Å²) in [5.74, 6) is -0.440. The number of nitrogen functional groups attached to an aromatic ring is 1. The summed E-state index contributed by atoms with van der Waals surface area (Å²) in [6.45, 7) is 5.44. The lowest BCUT2D eigenvalue weighted by atomic mass is 10.1. The number of anilines is 1. The minimum atomic E-state index is -0.550. The zero-order chi connectivity index (χ0) is 12.6. The van der Waals surface area contributed by atoms with Crippen LogP contribution in [-0.4, -0.2) is 21.8 Å². The van der Waals surface area contributed by atoms with Crippen molar-refractivity contribution < 1.29 is 9.53 Å². The summed E-state index contributed by atoms with van der Waals surface area (Å²) in [6.07, 6.45) is 1.64. The molecule has 3 N–H and O–H groups in total. The number of H-pyrrole nitrogens is 1. The van der Waals surface area contributed by atoms with Crippen molar-refractivity contribution in [2.24, 2.45) is 0 Å². The van der Waals surface area contributed by atoms with E-state index in [0.29, 0.717) is 16.8 Å². The molecule has 1 heterocycles. The number of nitrogens with one attached hydrogen (secondary N) is 1. The normalized spacial score (nSPS) is 11.7. The van der Waals surface area contributed by atoms with Crippen LogP contribution in [-0.2, 0) is 4.74 Å². The fraction of sp³-hybridized carbons (Fsp3) is 0.333. The standard InChI is InChI=1S/C12H15N3O2/c1-12(2,3)17-11(16)9-8(13)5-4-7-6-14-15-10(7)9/h4-6H,13H2,1-3H3,(H,14,15). The van der Waals surface area contributed by atoms with Gasteiger partial charge in [0, 0.05) is 11.1 Å². The minimum absolute atomic E-state index is 0.343. The van der Waals surface area contributed by atoms with Gasteiger partial charge >= 0.3 is 5.97 Å². The van der Waals surface area contributed by atoms with Crippen LogP contribution < -0.4 is 5.73 Å². The summed E-state index contributed by atoms with van der Waals surface area (Å²) in [5, 5.41) is 7.49. The monoisotopic (exact) mass is 233 g/mol. The zero-order valence-corrected chi connectivity index (χ0v) is 10.1. The minimum Gasteiger partial charge on any atom is -0.456 e. The predicted molar refractivity (Wildman–Crippen MR) is 65.7 cm³/mol.